The summed E-state index contributed by atoms with van der Waals surface area (Å²) in [7, 11) is 0. The zero-order valence-corrected chi connectivity index (χ0v) is 18.5. The van der Waals surface area contributed by atoms with Gasteiger partial charge in [-0.3, -0.25) is 19.2 Å². The lowest BCUT2D eigenvalue weighted by atomic mass is 9.96. The molecule has 0 aromatic rings. The Morgan fingerprint density at radius 1 is 1.06 bits per heavy atom. The highest BCUT2D eigenvalue weighted by Crippen LogP contribution is 2.22. The first-order valence-electron chi connectivity index (χ1n) is 10.5. The third-order valence-corrected chi connectivity index (χ3v) is 5.58. The molecule has 1 aliphatic heterocycles. The number of rotatable bonds is 11. The fourth-order valence-electron chi connectivity index (χ4n) is 3.47. The predicted octanol–water partition coefficient (Wildman–Crippen LogP) is -0.464. The van der Waals surface area contributed by atoms with Gasteiger partial charge in [0.25, 0.3) is 0 Å². The van der Waals surface area contributed by atoms with Crippen molar-refractivity contribution in [3.05, 3.63) is 0 Å². The molecule has 0 radical (unpaired) electrons. The monoisotopic (exact) mass is 442 g/mol. The molecule has 0 aromatic carbocycles. The second kappa shape index (κ2) is 11.6. The molecule has 6 N–H and O–H groups in total. The van der Waals surface area contributed by atoms with E-state index in [4.69, 9.17) is 10.8 Å². The van der Waals surface area contributed by atoms with Crippen LogP contribution in [0.2, 0.25) is 0 Å². The van der Waals surface area contributed by atoms with E-state index < -0.39 is 60.2 Å². The summed E-state index contributed by atoms with van der Waals surface area (Å²) < 4.78 is 0. The molecule has 0 bridgehead atoms. The van der Waals surface area contributed by atoms with Crippen LogP contribution in [-0.2, 0) is 24.0 Å². The average molecular weight is 443 g/mol. The Labute approximate surface area is 181 Å². The summed E-state index contributed by atoms with van der Waals surface area (Å²) >= 11 is 0. The minimum absolute atomic E-state index is 0.291. The van der Waals surface area contributed by atoms with Gasteiger partial charge in [0.2, 0.25) is 17.7 Å². The lowest BCUT2D eigenvalue weighted by Gasteiger charge is -2.32. The number of hydrogen-bond acceptors (Lipinski definition) is 6. The molecule has 1 fully saturated rings. The van der Waals surface area contributed by atoms with Crippen molar-refractivity contribution in [3.8, 4) is 0 Å². The maximum absolute atomic E-state index is 13.3. The third-order valence-electron chi connectivity index (χ3n) is 5.58. The molecule has 0 saturated carbocycles. The number of aliphatic carboxylic acids is 2. The highest BCUT2D eigenvalue weighted by Gasteiger charge is 2.40. The summed E-state index contributed by atoms with van der Waals surface area (Å²) in [6, 6.07) is -4.21. The van der Waals surface area contributed by atoms with E-state index in [2.05, 4.69) is 10.6 Å². The number of carbonyl (C=O) groups excluding carboxylic acids is 3. The molecule has 11 nitrogen and oxygen atoms in total. The topological polar surface area (TPSA) is 179 Å². The van der Waals surface area contributed by atoms with Crippen molar-refractivity contribution in [2.75, 3.05) is 6.54 Å². The molecule has 1 rings (SSSR count). The van der Waals surface area contributed by atoms with E-state index in [1.165, 1.54) is 4.90 Å². The zero-order valence-electron chi connectivity index (χ0n) is 18.5. The first-order chi connectivity index (χ1) is 14.4. The van der Waals surface area contributed by atoms with Crippen LogP contribution in [0.5, 0.6) is 0 Å². The van der Waals surface area contributed by atoms with E-state index in [0.29, 0.717) is 25.8 Å². The van der Waals surface area contributed by atoms with Crippen molar-refractivity contribution < 1.29 is 34.2 Å². The molecule has 11 heteroatoms. The SMILES string of the molecule is CCC(C)C(NC(=O)C(N)CC(=O)O)C(=O)N1CCCC1C(=O)NC(C(=O)O)C(C)C. The van der Waals surface area contributed by atoms with Crippen molar-refractivity contribution in [2.45, 2.75) is 77.5 Å². The fraction of sp³-hybridized carbons (Fsp3) is 0.750. The van der Waals surface area contributed by atoms with Crippen LogP contribution in [-0.4, -0.2) is 75.5 Å². The maximum atomic E-state index is 13.3. The lowest BCUT2D eigenvalue weighted by Crippen LogP contribution is -2.58. The average Bonchev–Trinajstić information content (AvgIpc) is 3.17. The second-order valence-corrected chi connectivity index (χ2v) is 8.33. The molecule has 5 atom stereocenters. The van der Waals surface area contributed by atoms with Gasteiger partial charge in [-0.1, -0.05) is 34.1 Å². The fourth-order valence-corrected chi connectivity index (χ4v) is 3.47. The van der Waals surface area contributed by atoms with Gasteiger partial charge in [0.15, 0.2) is 0 Å². The highest BCUT2D eigenvalue weighted by molar-refractivity contribution is 5.95. The largest absolute Gasteiger partial charge is 0.481 e. The lowest BCUT2D eigenvalue weighted by molar-refractivity contribution is -0.146. The molecule has 176 valence electrons. The van der Waals surface area contributed by atoms with Gasteiger partial charge in [0.05, 0.1) is 12.5 Å². The Bertz CT molecular complexity index is 697. The summed E-state index contributed by atoms with van der Waals surface area (Å²) in [4.78, 5) is 61.9. The summed E-state index contributed by atoms with van der Waals surface area (Å²) in [6.07, 6.45) is 0.905. The van der Waals surface area contributed by atoms with Gasteiger partial charge in [-0.25, -0.2) is 4.79 Å². The molecule has 0 aromatic heterocycles. The first kappa shape index (κ1) is 26.3. The number of carboxylic acids is 2. The number of carboxylic acid groups (broad SMARTS) is 2. The van der Waals surface area contributed by atoms with Crippen molar-refractivity contribution in [2.24, 2.45) is 17.6 Å². The maximum Gasteiger partial charge on any atom is 0.326 e. The Hall–Kier alpha value is -2.69. The van der Waals surface area contributed by atoms with Gasteiger partial charge in [-0.15, -0.1) is 0 Å². The zero-order chi connectivity index (χ0) is 23.9. The van der Waals surface area contributed by atoms with Gasteiger partial charge in [0.1, 0.15) is 18.1 Å². The van der Waals surface area contributed by atoms with Crippen LogP contribution in [0.25, 0.3) is 0 Å². The van der Waals surface area contributed by atoms with Crippen LogP contribution in [0.1, 0.15) is 53.4 Å². The smallest absolute Gasteiger partial charge is 0.326 e. The van der Waals surface area contributed by atoms with Crippen molar-refractivity contribution in [1.82, 2.24) is 15.5 Å². The van der Waals surface area contributed by atoms with E-state index in [1.54, 1.807) is 20.8 Å². The van der Waals surface area contributed by atoms with Crippen LogP contribution in [0.3, 0.4) is 0 Å². The van der Waals surface area contributed by atoms with Gasteiger partial charge in [-0.2, -0.15) is 0 Å². The molecule has 0 aliphatic carbocycles. The molecule has 1 saturated heterocycles. The van der Waals surface area contributed by atoms with Gasteiger partial charge < -0.3 is 31.5 Å². The molecular weight excluding hydrogens is 408 g/mol. The summed E-state index contributed by atoms with van der Waals surface area (Å²) in [5.74, 6) is -4.80. The summed E-state index contributed by atoms with van der Waals surface area (Å²) in [5, 5.41) is 23.2. The molecule has 31 heavy (non-hydrogen) atoms. The van der Waals surface area contributed by atoms with Crippen LogP contribution >= 0.6 is 0 Å². The van der Waals surface area contributed by atoms with Crippen molar-refractivity contribution >= 4 is 29.7 Å². The van der Waals surface area contributed by atoms with Crippen LogP contribution < -0.4 is 16.4 Å². The van der Waals surface area contributed by atoms with Crippen molar-refractivity contribution in [1.29, 1.82) is 0 Å². The van der Waals surface area contributed by atoms with E-state index >= 15 is 0 Å². The van der Waals surface area contributed by atoms with Crippen LogP contribution in [0, 0.1) is 11.8 Å². The Kier molecular flexibility index (Phi) is 9.89. The predicted molar refractivity (Wildman–Crippen MR) is 111 cm³/mol. The molecule has 1 aliphatic rings. The van der Waals surface area contributed by atoms with Crippen molar-refractivity contribution in [3.63, 3.8) is 0 Å². The Morgan fingerprint density at radius 2 is 1.68 bits per heavy atom. The standard InChI is InChI=1S/C20H34N4O7/c1-5-11(4)16(23-17(27)12(21)9-14(25)26)19(29)24-8-6-7-13(24)18(28)22-15(10(2)3)20(30)31/h10-13,15-16H,5-9,21H2,1-4H3,(H,22,28)(H,23,27)(H,25,26)(H,30,31). The number of nitrogens with two attached hydrogens (primary N) is 1. The van der Waals surface area contributed by atoms with E-state index in [1.807, 2.05) is 6.92 Å². The Balaban J connectivity index is 2.99. The first-order valence-corrected chi connectivity index (χ1v) is 10.5. The van der Waals surface area contributed by atoms with Gasteiger partial charge in [0, 0.05) is 6.54 Å². The molecule has 0 spiro atoms. The number of hydrogen-bond donors (Lipinski definition) is 5. The highest BCUT2D eigenvalue weighted by atomic mass is 16.4. The minimum Gasteiger partial charge on any atom is -0.481 e. The van der Waals surface area contributed by atoms with Gasteiger partial charge >= 0.3 is 11.9 Å². The molecule has 3 amide bonds. The number of nitrogens with zero attached hydrogens (tertiary/aromatic N) is 1. The minimum atomic E-state index is -1.31. The number of carbonyl (C=O) groups is 5. The third kappa shape index (κ3) is 7.20. The summed E-state index contributed by atoms with van der Waals surface area (Å²) in [5.41, 5.74) is 5.61. The second-order valence-electron chi connectivity index (χ2n) is 8.33. The normalized spacial score (nSPS) is 19.9. The number of likely N-dealkylation sites (tertiary alicyclic amines) is 1. The molecule has 5 unspecified atom stereocenters. The molecular formula is C20H34N4O7. The summed E-state index contributed by atoms with van der Waals surface area (Å²) in [6.45, 7) is 7.23. The molecule has 1 heterocycles. The number of nitrogens with one attached hydrogen (secondary N) is 2. The van der Waals surface area contributed by atoms with Gasteiger partial charge in [-0.05, 0) is 24.7 Å². The van der Waals surface area contributed by atoms with Crippen LogP contribution in [0.4, 0.5) is 0 Å². The quantitative estimate of drug-likeness (QED) is 0.285. The van der Waals surface area contributed by atoms with E-state index in [9.17, 15) is 29.1 Å². The van der Waals surface area contributed by atoms with E-state index in [0.717, 1.165) is 0 Å². The number of amides is 3. The Morgan fingerprint density at radius 3 is 2.16 bits per heavy atom. The van der Waals surface area contributed by atoms with E-state index in [-0.39, 0.29) is 11.8 Å². The van der Waals surface area contributed by atoms with Crippen LogP contribution in [0.15, 0.2) is 0 Å².